The average molecular weight is 252 g/mol. The quantitative estimate of drug-likeness (QED) is 0.664. The highest BCUT2D eigenvalue weighted by Gasteiger charge is 2.25. The Morgan fingerprint density at radius 2 is 2.00 bits per heavy atom. The summed E-state index contributed by atoms with van der Waals surface area (Å²) < 4.78 is 25.9. The van der Waals surface area contributed by atoms with E-state index in [2.05, 4.69) is 4.72 Å². The molecule has 6 heteroatoms. The average Bonchev–Trinajstić information content (AvgIpc) is 2.01. The number of hydrogen-bond donors (Lipinski definition) is 2. The molecule has 0 fully saturated rings. The number of nitrogens with two attached hydrogens (primary N) is 1. The van der Waals surface area contributed by atoms with Crippen LogP contribution in [-0.4, -0.2) is 25.2 Å². The number of sulfonamides is 1. The Morgan fingerprint density at radius 3 is 2.33 bits per heavy atom. The van der Waals surface area contributed by atoms with Crippen LogP contribution in [0.5, 0.6) is 0 Å². The van der Waals surface area contributed by atoms with Crippen molar-refractivity contribution in [2.24, 2.45) is 11.7 Å². The first-order valence-corrected chi connectivity index (χ1v) is 7.04. The van der Waals surface area contributed by atoms with Crippen molar-refractivity contribution in [2.75, 3.05) is 6.54 Å². The van der Waals surface area contributed by atoms with Gasteiger partial charge in [0.15, 0.2) is 0 Å². The molecule has 0 aromatic heterocycles. The lowest BCUT2D eigenvalue weighted by molar-refractivity contribution is 0.547. The van der Waals surface area contributed by atoms with Crippen molar-refractivity contribution >= 4 is 27.2 Å². The first-order valence-electron chi connectivity index (χ1n) is 5.09. The minimum absolute atomic E-state index is 0.0366. The van der Waals surface area contributed by atoms with Crippen molar-refractivity contribution in [2.45, 2.75) is 38.9 Å². The molecule has 1 unspecified atom stereocenters. The van der Waals surface area contributed by atoms with Crippen LogP contribution >= 0.6 is 12.2 Å². The van der Waals surface area contributed by atoms with Gasteiger partial charge >= 0.3 is 0 Å². The second kappa shape index (κ2) is 6.40. The SMILES string of the molecule is CCC(C(N)=S)S(=O)(=O)NCCC(C)C. The van der Waals surface area contributed by atoms with Gasteiger partial charge < -0.3 is 5.73 Å². The highest BCUT2D eigenvalue weighted by molar-refractivity contribution is 7.93. The van der Waals surface area contributed by atoms with E-state index in [1.54, 1.807) is 6.92 Å². The predicted molar refractivity (Wildman–Crippen MR) is 67.2 cm³/mol. The van der Waals surface area contributed by atoms with Crippen molar-refractivity contribution in [1.29, 1.82) is 0 Å². The maximum atomic E-state index is 11.7. The predicted octanol–water partition coefficient (Wildman–Crippen LogP) is 1.02. The van der Waals surface area contributed by atoms with Gasteiger partial charge in [0.05, 0.1) is 4.99 Å². The van der Waals surface area contributed by atoms with E-state index in [1.165, 1.54) is 0 Å². The van der Waals surface area contributed by atoms with E-state index in [-0.39, 0.29) is 4.99 Å². The van der Waals surface area contributed by atoms with Gasteiger partial charge in [0.25, 0.3) is 0 Å². The topological polar surface area (TPSA) is 72.2 Å². The van der Waals surface area contributed by atoms with Gasteiger partial charge in [-0.25, -0.2) is 13.1 Å². The van der Waals surface area contributed by atoms with Crippen LogP contribution in [0.4, 0.5) is 0 Å². The molecule has 0 rings (SSSR count). The largest absolute Gasteiger partial charge is 0.392 e. The molecule has 0 heterocycles. The minimum Gasteiger partial charge on any atom is -0.392 e. The normalized spacial score (nSPS) is 14.1. The van der Waals surface area contributed by atoms with E-state index in [0.717, 1.165) is 6.42 Å². The molecule has 1 atom stereocenters. The summed E-state index contributed by atoms with van der Waals surface area (Å²) in [5.74, 6) is 0.470. The van der Waals surface area contributed by atoms with Gasteiger partial charge in [-0.05, 0) is 18.8 Å². The molecule has 0 aromatic rings. The molecule has 0 amide bonds. The number of thiocarbonyl (C=S) groups is 1. The number of rotatable bonds is 7. The van der Waals surface area contributed by atoms with Crippen LogP contribution in [-0.2, 0) is 10.0 Å². The van der Waals surface area contributed by atoms with Crippen molar-refractivity contribution in [1.82, 2.24) is 4.72 Å². The smallest absolute Gasteiger partial charge is 0.220 e. The van der Waals surface area contributed by atoms with Crippen LogP contribution in [0.3, 0.4) is 0 Å². The molecule has 4 nitrogen and oxygen atoms in total. The zero-order valence-corrected chi connectivity index (χ0v) is 11.1. The fraction of sp³-hybridized carbons (Fsp3) is 0.889. The van der Waals surface area contributed by atoms with Crippen LogP contribution in [0.1, 0.15) is 33.6 Å². The summed E-state index contributed by atoms with van der Waals surface area (Å²) in [7, 11) is -3.38. The first kappa shape index (κ1) is 14.8. The maximum absolute atomic E-state index is 11.7. The molecule has 0 aliphatic carbocycles. The van der Waals surface area contributed by atoms with Gasteiger partial charge in [-0.15, -0.1) is 0 Å². The van der Waals surface area contributed by atoms with Crippen LogP contribution in [0.15, 0.2) is 0 Å². The summed E-state index contributed by atoms with van der Waals surface area (Å²) in [6.07, 6.45) is 1.22. The van der Waals surface area contributed by atoms with Crippen molar-refractivity contribution in [3.05, 3.63) is 0 Å². The molecule has 3 N–H and O–H groups in total. The Labute approximate surface area is 97.7 Å². The van der Waals surface area contributed by atoms with E-state index in [9.17, 15) is 8.42 Å². The standard InChI is InChI=1S/C9H20N2O2S2/c1-4-8(9(10)14)15(12,13)11-6-5-7(2)3/h7-8,11H,4-6H2,1-3H3,(H2,10,14). The van der Waals surface area contributed by atoms with Crippen LogP contribution in [0.2, 0.25) is 0 Å². The molecule has 0 aliphatic heterocycles. The molecule has 0 saturated heterocycles. The van der Waals surface area contributed by atoms with Gasteiger partial charge in [-0.2, -0.15) is 0 Å². The molecule has 0 saturated carbocycles. The molecule has 0 aromatic carbocycles. The van der Waals surface area contributed by atoms with E-state index < -0.39 is 15.3 Å². The third kappa shape index (κ3) is 5.44. The third-order valence-electron chi connectivity index (χ3n) is 2.09. The number of hydrogen-bond acceptors (Lipinski definition) is 3. The molecule has 0 bridgehead atoms. The molecule has 90 valence electrons. The second-order valence-electron chi connectivity index (χ2n) is 3.92. The van der Waals surface area contributed by atoms with Crippen LogP contribution < -0.4 is 10.5 Å². The monoisotopic (exact) mass is 252 g/mol. The Balaban J connectivity index is 4.34. The van der Waals surface area contributed by atoms with Crippen molar-refractivity contribution in [3.63, 3.8) is 0 Å². The lowest BCUT2D eigenvalue weighted by Crippen LogP contribution is -2.42. The first-order chi connectivity index (χ1) is 6.81. The molecule has 15 heavy (non-hydrogen) atoms. The summed E-state index contributed by atoms with van der Waals surface area (Å²) in [6, 6.07) is 0. The maximum Gasteiger partial charge on any atom is 0.220 e. The Kier molecular flexibility index (Phi) is 6.31. The van der Waals surface area contributed by atoms with Crippen LogP contribution in [0, 0.1) is 5.92 Å². The summed E-state index contributed by atoms with van der Waals surface area (Å²) in [5.41, 5.74) is 5.38. The van der Waals surface area contributed by atoms with Gasteiger partial charge in [-0.1, -0.05) is 33.0 Å². The fourth-order valence-electron chi connectivity index (χ4n) is 1.16. The Morgan fingerprint density at radius 1 is 1.47 bits per heavy atom. The van der Waals surface area contributed by atoms with Gasteiger partial charge in [0, 0.05) is 6.54 Å². The fourth-order valence-corrected chi connectivity index (χ4v) is 3.06. The van der Waals surface area contributed by atoms with E-state index >= 15 is 0 Å². The summed E-state index contributed by atoms with van der Waals surface area (Å²) in [5, 5.41) is -0.750. The minimum atomic E-state index is -3.38. The molecular formula is C9H20N2O2S2. The zero-order valence-electron chi connectivity index (χ0n) is 9.49. The molecule has 0 radical (unpaired) electrons. The highest BCUT2D eigenvalue weighted by Crippen LogP contribution is 2.05. The Hall–Kier alpha value is -0.200. The van der Waals surface area contributed by atoms with Crippen LogP contribution in [0.25, 0.3) is 0 Å². The lowest BCUT2D eigenvalue weighted by Gasteiger charge is -2.15. The third-order valence-corrected chi connectivity index (χ3v) is 4.46. The molecule has 0 aliphatic rings. The summed E-state index contributed by atoms with van der Waals surface area (Å²) >= 11 is 4.72. The van der Waals surface area contributed by atoms with E-state index in [1.807, 2.05) is 13.8 Å². The highest BCUT2D eigenvalue weighted by atomic mass is 32.2. The van der Waals surface area contributed by atoms with E-state index in [4.69, 9.17) is 18.0 Å². The lowest BCUT2D eigenvalue weighted by atomic mass is 10.1. The van der Waals surface area contributed by atoms with Gasteiger partial charge in [-0.3, -0.25) is 0 Å². The van der Waals surface area contributed by atoms with Gasteiger partial charge in [0.2, 0.25) is 10.0 Å². The zero-order chi connectivity index (χ0) is 12.1. The molecular weight excluding hydrogens is 232 g/mol. The van der Waals surface area contributed by atoms with E-state index in [0.29, 0.717) is 18.9 Å². The number of nitrogens with one attached hydrogen (secondary N) is 1. The Bertz CT molecular complexity index is 299. The summed E-state index contributed by atoms with van der Waals surface area (Å²) in [4.78, 5) is 0.0366. The summed E-state index contributed by atoms with van der Waals surface area (Å²) in [6.45, 7) is 6.28. The van der Waals surface area contributed by atoms with Gasteiger partial charge in [0.1, 0.15) is 5.25 Å². The van der Waals surface area contributed by atoms with Crippen molar-refractivity contribution < 1.29 is 8.42 Å². The van der Waals surface area contributed by atoms with Crippen molar-refractivity contribution in [3.8, 4) is 0 Å². The molecule has 0 spiro atoms. The second-order valence-corrected chi connectivity index (χ2v) is 6.34.